The molecule has 1 aromatic rings. The Hall–Kier alpha value is -0.407. The molecular weight excluding hydrogens is 361 g/mol. The Bertz CT molecular complexity index is 553. The summed E-state index contributed by atoms with van der Waals surface area (Å²) < 4.78 is 9.35. The van der Waals surface area contributed by atoms with Crippen LogP contribution in [0.25, 0.3) is 0 Å². The van der Waals surface area contributed by atoms with Crippen LogP contribution in [0.15, 0.2) is 24.3 Å². The summed E-state index contributed by atoms with van der Waals surface area (Å²) in [6.45, 7) is 6.20. The fraction of sp³-hybridized carbons (Fsp3) is 0.467. The summed E-state index contributed by atoms with van der Waals surface area (Å²) in [5.41, 5.74) is 1.11. The van der Waals surface area contributed by atoms with Crippen LogP contribution in [0.5, 0.6) is 5.75 Å². The molecule has 0 bridgehead atoms. The maximum atomic E-state index is 6.73. The monoisotopic (exact) mass is 383 g/mol. The Morgan fingerprint density at radius 1 is 1.20 bits per heavy atom. The number of para-hydroxylation sites is 1. The van der Waals surface area contributed by atoms with Crippen LogP contribution >= 0.6 is 9.69 Å². The Balaban J connectivity index is 2.42. The Kier molecular flexibility index (Phi) is 5.62. The molecule has 1 saturated heterocycles. The molecule has 0 unspecified atom stereocenters. The Morgan fingerprint density at radius 3 is 2.40 bits per heavy atom. The van der Waals surface area contributed by atoms with Crippen LogP contribution in [-0.2, 0) is 14.1 Å². The molecule has 1 aromatic carbocycles. The van der Waals surface area contributed by atoms with Gasteiger partial charge in [0.05, 0.1) is 0 Å². The van der Waals surface area contributed by atoms with E-state index in [1.54, 1.807) is 0 Å². The van der Waals surface area contributed by atoms with Gasteiger partial charge in [-0.05, 0) is 0 Å². The molecule has 0 radical (unpaired) electrons. The molecule has 1 heterocycles. The van der Waals surface area contributed by atoms with Crippen molar-refractivity contribution in [3.63, 3.8) is 0 Å². The summed E-state index contributed by atoms with van der Waals surface area (Å²) in [5, 5.41) is 0. The van der Waals surface area contributed by atoms with Gasteiger partial charge in [0.15, 0.2) is 0 Å². The third-order valence-electron chi connectivity index (χ3n) is 3.01. The summed E-state index contributed by atoms with van der Waals surface area (Å²) in [6.07, 6.45) is 0.171. The molecule has 0 atom stereocenters. The van der Waals surface area contributed by atoms with Crippen molar-refractivity contribution in [1.82, 2.24) is 9.80 Å². The average molecular weight is 383 g/mol. The molecule has 2 rings (SSSR count). The van der Waals surface area contributed by atoms with Crippen molar-refractivity contribution in [1.29, 1.82) is 0 Å². The molecule has 1 fully saturated rings. The van der Waals surface area contributed by atoms with Crippen molar-refractivity contribution in [2.45, 2.75) is 20.0 Å². The molecule has 20 heavy (non-hydrogen) atoms. The predicted molar refractivity (Wildman–Crippen MR) is 83.5 cm³/mol. The number of halogens is 1. The van der Waals surface area contributed by atoms with Gasteiger partial charge in [-0.3, -0.25) is 0 Å². The van der Waals surface area contributed by atoms with Gasteiger partial charge in [0.25, 0.3) is 0 Å². The summed E-state index contributed by atoms with van der Waals surface area (Å²) in [5.74, 6) is 0.922. The minimum atomic E-state index is -1.68. The second-order valence-electron chi connectivity index (χ2n) is 5.15. The van der Waals surface area contributed by atoms with Crippen LogP contribution in [-0.4, -0.2) is 52.1 Å². The van der Waals surface area contributed by atoms with Crippen LogP contribution in [0.1, 0.15) is 19.4 Å². The molecular formula is C15H22ClN2ORu. The molecule has 113 valence electrons. The SMILES string of the molecule is CC(C)Oc1ccccc1/[CH]=[Ru](\[Cl])=[C]1N(C)CCN1C. The van der Waals surface area contributed by atoms with E-state index in [0.717, 1.165) is 24.4 Å². The van der Waals surface area contributed by atoms with Crippen LogP contribution < -0.4 is 4.74 Å². The van der Waals surface area contributed by atoms with Crippen LogP contribution in [0.3, 0.4) is 0 Å². The van der Waals surface area contributed by atoms with E-state index in [-0.39, 0.29) is 6.10 Å². The Labute approximate surface area is 130 Å². The van der Waals surface area contributed by atoms with Crippen molar-refractivity contribution in [3.8, 4) is 5.75 Å². The fourth-order valence-corrected chi connectivity index (χ4v) is 6.57. The molecule has 1 aliphatic rings. The molecule has 3 nitrogen and oxygen atoms in total. The molecule has 0 spiro atoms. The zero-order valence-electron chi connectivity index (χ0n) is 12.4. The number of nitrogens with zero attached hydrogens (tertiary/aromatic N) is 2. The first-order valence-electron chi connectivity index (χ1n) is 6.70. The van der Waals surface area contributed by atoms with Gasteiger partial charge in [0.1, 0.15) is 0 Å². The van der Waals surface area contributed by atoms with Gasteiger partial charge in [-0.25, -0.2) is 0 Å². The first-order chi connectivity index (χ1) is 9.49. The summed E-state index contributed by atoms with van der Waals surface area (Å²) in [6, 6.07) is 8.12. The van der Waals surface area contributed by atoms with Crippen molar-refractivity contribution >= 4 is 18.7 Å². The summed E-state index contributed by atoms with van der Waals surface area (Å²) in [7, 11) is 11.0. The van der Waals surface area contributed by atoms with Crippen molar-refractivity contribution in [3.05, 3.63) is 29.8 Å². The molecule has 0 saturated carbocycles. The van der Waals surface area contributed by atoms with Gasteiger partial charge in [0.2, 0.25) is 0 Å². The first-order valence-corrected chi connectivity index (χ1v) is 10.8. The van der Waals surface area contributed by atoms with E-state index in [1.807, 2.05) is 32.0 Å². The number of benzene rings is 1. The quantitative estimate of drug-likeness (QED) is 0.746. The van der Waals surface area contributed by atoms with E-state index in [9.17, 15) is 0 Å². The molecule has 0 aromatic heterocycles. The second kappa shape index (κ2) is 7.04. The first kappa shape index (κ1) is 16.0. The zero-order chi connectivity index (χ0) is 14.7. The number of rotatable bonds is 3. The fourth-order valence-electron chi connectivity index (χ4n) is 2.10. The molecule has 5 heteroatoms. The van der Waals surface area contributed by atoms with Crippen molar-refractivity contribution in [2.75, 3.05) is 27.2 Å². The van der Waals surface area contributed by atoms with E-state index < -0.39 is 14.1 Å². The predicted octanol–water partition coefficient (Wildman–Crippen LogP) is 2.36. The summed E-state index contributed by atoms with van der Waals surface area (Å²) >= 11 is -1.68. The third kappa shape index (κ3) is 3.82. The number of hydrogen-bond acceptors (Lipinski definition) is 3. The van der Waals surface area contributed by atoms with E-state index in [1.165, 1.54) is 4.35 Å². The van der Waals surface area contributed by atoms with Gasteiger partial charge in [-0.15, -0.1) is 0 Å². The molecule has 0 N–H and O–H groups in total. The number of ether oxygens (including phenoxy) is 1. The molecule has 0 amide bonds. The molecule has 1 aliphatic heterocycles. The second-order valence-corrected chi connectivity index (χ2v) is 9.35. The van der Waals surface area contributed by atoms with Crippen LogP contribution in [0.2, 0.25) is 0 Å². The van der Waals surface area contributed by atoms with E-state index >= 15 is 0 Å². The number of likely N-dealkylation sites (N-methyl/N-ethyl adjacent to an activating group) is 2. The van der Waals surface area contributed by atoms with Crippen LogP contribution in [0, 0.1) is 0 Å². The Morgan fingerprint density at radius 2 is 1.80 bits per heavy atom. The summed E-state index contributed by atoms with van der Waals surface area (Å²) in [4.78, 5) is 4.54. The van der Waals surface area contributed by atoms with Crippen molar-refractivity contribution < 1.29 is 18.8 Å². The zero-order valence-corrected chi connectivity index (χ0v) is 14.9. The third-order valence-corrected chi connectivity index (χ3v) is 7.23. The van der Waals surface area contributed by atoms with Gasteiger partial charge in [-0.2, -0.15) is 0 Å². The van der Waals surface area contributed by atoms with Crippen LogP contribution in [0.4, 0.5) is 0 Å². The van der Waals surface area contributed by atoms with E-state index in [4.69, 9.17) is 14.4 Å². The van der Waals surface area contributed by atoms with E-state index in [0.29, 0.717) is 0 Å². The maximum absolute atomic E-state index is 6.73. The van der Waals surface area contributed by atoms with Gasteiger partial charge < -0.3 is 0 Å². The molecule has 0 aliphatic carbocycles. The topological polar surface area (TPSA) is 15.7 Å². The normalized spacial score (nSPS) is 19.0. The van der Waals surface area contributed by atoms with Gasteiger partial charge in [0, 0.05) is 0 Å². The van der Waals surface area contributed by atoms with E-state index in [2.05, 4.69) is 34.6 Å². The average Bonchev–Trinajstić information content (AvgIpc) is 2.71. The van der Waals surface area contributed by atoms with Gasteiger partial charge in [-0.1, -0.05) is 0 Å². The minimum absolute atomic E-state index is 0.171. The number of hydrogen-bond donors (Lipinski definition) is 0. The van der Waals surface area contributed by atoms with Crippen molar-refractivity contribution in [2.24, 2.45) is 0 Å². The van der Waals surface area contributed by atoms with Gasteiger partial charge >= 0.3 is 130 Å². The standard InChI is InChI=1S/C10H12O.C5H10N2.ClH.Ru/c1-8(2)11-10-7-5-4-6-9(10)3;1-6-3-4-7(2)5-6;;/h3-8H,1-2H3;3-4H2,1-2H3;1H;/q;;;+1/p-1.